The Bertz CT molecular complexity index is 1780. The van der Waals surface area contributed by atoms with Crippen LogP contribution in [0.15, 0.2) is 65.5 Å². The summed E-state index contributed by atoms with van der Waals surface area (Å²) in [6.45, 7) is 7.46. The van der Waals surface area contributed by atoms with Gasteiger partial charge in [0.2, 0.25) is 5.88 Å². The minimum absolute atomic E-state index is 0.131. The molecule has 10 nitrogen and oxygen atoms in total. The van der Waals surface area contributed by atoms with Crippen LogP contribution < -0.4 is 14.9 Å². The third-order valence-electron chi connectivity index (χ3n) is 6.44. The highest BCUT2D eigenvalue weighted by Crippen LogP contribution is 2.40. The third kappa shape index (κ3) is 6.69. The number of amides is 1. The van der Waals surface area contributed by atoms with Crippen LogP contribution in [0.2, 0.25) is 0 Å². The van der Waals surface area contributed by atoms with E-state index in [4.69, 9.17) is 9.47 Å². The number of nitrogens with zero attached hydrogens (tertiary/aromatic N) is 1. The van der Waals surface area contributed by atoms with Crippen LogP contribution in [0.5, 0.6) is 17.4 Å². The number of anilines is 2. The summed E-state index contributed by atoms with van der Waals surface area (Å²) in [7, 11) is 0. The number of aliphatic hydroxyl groups excluding tert-OH is 1. The maximum absolute atomic E-state index is 12.8. The number of aromatic amines is 2. The maximum atomic E-state index is 12.8. The average Bonchev–Trinajstić information content (AvgIpc) is 3.45. The highest BCUT2D eigenvalue weighted by atomic mass is 32.1. The molecule has 0 bridgehead atoms. The quantitative estimate of drug-likeness (QED) is 0.132. The Labute approximate surface area is 246 Å². The van der Waals surface area contributed by atoms with E-state index in [0.29, 0.717) is 30.2 Å². The number of para-hydroxylation sites is 1. The smallest absolute Gasteiger partial charge is 0.410 e. The van der Waals surface area contributed by atoms with Crippen LogP contribution in [-0.4, -0.2) is 56.0 Å². The molecule has 220 valence electrons. The fraction of sp³-hybridized carbons (Fsp3) is 0.290. The molecule has 0 radical (unpaired) electrons. The number of ether oxygens (including phenoxy) is 2. The number of aliphatic hydroxyl groups is 1. The first kappa shape index (κ1) is 29.0. The minimum Gasteiger partial charge on any atom is -0.492 e. The Hall–Kier alpha value is -4.48. The molecule has 2 aromatic heterocycles. The van der Waals surface area contributed by atoms with E-state index in [0.717, 1.165) is 38.7 Å². The van der Waals surface area contributed by atoms with E-state index in [9.17, 15) is 19.8 Å². The molecule has 5 aromatic rings. The SMILES string of the molecule is C[C@H](O)CN(CCc1ccc(Nc2sc(=O)[nH]c2O)c(Oc2cccc3[nH]c4ccccc4c23)c1)C(=O)OC(C)(C)C. The summed E-state index contributed by atoms with van der Waals surface area (Å²) >= 11 is 0.847. The van der Waals surface area contributed by atoms with E-state index in [1.807, 2.05) is 54.6 Å². The number of fused-ring (bicyclic) bond motifs is 3. The molecule has 5 N–H and O–H groups in total. The number of carbonyl (C=O) groups excluding carboxylic acids is 1. The van der Waals surface area contributed by atoms with Crippen molar-refractivity contribution in [3.8, 4) is 17.4 Å². The van der Waals surface area contributed by atoms with Crippen molar-refractivity contribution < 1.29 is 24.5 Å². The van der Waals surface area contributed by atoms with Crippen molar-refractivity contribution >= 4 is 49.9 Å². The lowest BCUT2D eigenvalue weighted by Gasteiger charge is -2.28. The maximum Gasteiger partial charge on any atom is 0.410 e. The van der Waals surface area contributed by atoms with Gasteiger partial charge in [0.1, 0.15) is 11.4 Å². The largest absolute Gasteiger partial charge is 0.492 e. The molecular weight excluding hydrogens is 556 g/mol. The molecule has 0 fully saturated rings. The monoisotopic (exact) mass is 590 g/mol. The normalized spacial score (nSPS) is 12.4. The number of nitrogens with one attached hydrogen (secondary N) is 3. The first-order chi connectivity index (χ1) is 20.0. The molecular formula is C31H34N4O6S. The van der Waals surface area contributed by atoms with E-state index < -0.39 is 22.7 Å². The zero-order valence-electron chi connectivity index (χ0n) is 23.9. The Balaban J connectivity index is 1.49. The van der Waals surface area contributed by atoms with Gasteiger partial charge < -0.3 is 34.9 Å². The summed E-state index contributed by atoms with van der Waals surface area (Å²) in [6.07, 6.45) is -0.759. The van der Waals surface area contributed by atoms with Crippen molar-refractivity contribution in [1.29, 1.82) is 0 Å². The Morgan fingerprint density at radius 2 is 1.81 bits per heavy atom. The molecule has 0 aliphatic rings. The van der Waals surface area contributed by atoms with Crippen LogP contribution in [0.25, 0.3) is 21.8 Å². The topological polar surface area (TPSA) is 140 Å². The van der Waals surface area contributed by atoms with Crippen molar-refractivity contribution in [3.05, 3.63) is 75.9 Å². The highest BCUT2D eigenvalue weighted by Gasteiger charge is 2.23. The number of rotatable bonds is 9. The van der Waals surface area contributed by atoms with Crippen molar-refractivity contribution in [1.82, 2.24) is 14.9 Å². The average molecular weight is 591 g/mol. The number of H-pyrrole nitrogens is 2. The van der Waals surface area contributed by atoms with Crippen LogP contribution in [0.4, 0.5) is 15.5 Å². The second kappa shape index (κ2) is 11.8. The lowest BCUT2D eigenvalue weighted by atomic mass is 10.1. The van der Waals surface area contributed by atoms with Crippen LogP contribution >= 0.6 is 11.3 Å². The zero-order chi connectivity index (χ0) is 30.0. The molecule has 2 heterocycles. The predicted molar refractivity (Wildman–Crippen MR) is 165 cm³/mol. The van der Waals surface area contributed by atoms with Crippen LogP contribution in [0.3, 0.4) is 0 Å². The second-order valence-electron chi connectivity index (χ2n) is 11.1. The molecule has 0 aliphatic carbocycles. The van der Waals surface area contributed by atoms with Crippen molar-refractivity contribution in [2.24, 2.45) is 0 Å². The number of aromatic hydroxyl groups is 1. The third-order valence-corrected chi connectivity index (χ3v) is 7.23. The molecule has 0 saturated heterocycles. The van der Waals surface area contributed by atoms with Gasteiger partial charge in [0.25, 0.3) is 0 Å². The van der Waals surface area contributed by atoms with Crippen LogP contribution in [0, 0.1) is 0 Å². The van der Waals surface area contributed by atoms with Gasteiger partial charge in [-0.15, -0.1) is 0 Å². The van der Waals surface area contributed by atoms with Gasteiger partial charge >= 0.3 is 11.0 Å². The first-order valence-corrected chi connectivity index (χ1v) is 14.4. The first-order valence-electron chi connectivity index (χ1n) is 13.6. The summed E-state index contributed by atoms with van der Waals surface area (Å²) in [5.41, 5.74) is 2.65. The second-order valence-corrected chi connectivity index (χ2v) is 12.1. The molecule has 3 aromatic carbocycles. The number of carbonyl (C=O) groups is 1. The van der Waals surface area contributed by atoms with Gasteiger partial charge in [-0.05, 0) is 70.0 Å². The Morgan fingerprint density at radius 1 is 1.05 bits per heavy atom. The predicted octanol–water partition coefficient (Wildman–Crippen LogP) is 6.47. The fourth-order valence-corrected chi connectivity index (χ4v) is 5.32. The number of benzene rings is 3. The lowest BCUT2D eigenvalue weighted by molar-refractivity contribution is 0.0164. The fourth-order valence-electron chi connectivity index (χ4n) is 4.68. The van der Waals surface area contributed by atoms with Crippen molar-refractivity contribution in [2.45, 2.75) is 45.8 Å². The van der Waals surface area contributed by atoms with Crippen LogP contribution in [0.1, 0.15) is 33.3 Å². The van der Waals surface area contributed by atoms with E-state index in [1.54, 1.807) is 33.8 Å². The zero-order valence-corrected chi connectivity index (χ0v) is 24.7. The van der Waals surface area contributed by atoms with E-state index in [1.165, 1.54) is 4.90 Å². The van der Waals surface area contributed by atoms with Gasteiger partial charge in [-0.1, -0.05) is 41.7 Å². The van der Waals surface area contributed by atoms with E-state index in [-0.39, 0.29) is 17.4 Å². The number of hydrogen-bond acceptors (Lipinski definition) is 8. The lowest BCUT2D eigenvalue weighted by Crippen LogP contribution is -2.41. The van der Waals surface area contributed by atoms with Gasteiger partial charge in [0.05, 0.1) is 22.7 Å². The molecule has 1 amide bonds. The standard InChI is InChI=1S/C31H34N4O6S/c1-18(36)17-35(30(39)41-31(2,3)4)15-14-19-12-13-22(33-28-27(37)34-29(38)42-28)25(16-19)40-24-11-7-10-23-26(24)20-8-5-6-9-21(20)32-23/h5-13,16,18,32-33,36-37H,14-15,17H2,1-4H3,(H,34,38)/t18-/m0/s1. The summed E-state index contributed by atoms with van der Waals surface area (Å²) in [5, 5.41) is 25.5. The molecule has 0 aliphatic heterocycles. The van der Waals surface area contributed by atoms with Crippen LogP contribution in [-0.2, 0) is 11.2 Å². The van der Waals surface area contributed by atoms with E-state index >= 15 is 0 Å². The number of aromatic nitrogens is 2. The molecule has 0 spiro atoms. The van der Waals surface area contributed by atoms with Gasteiger partial charge in [-0.2, -0.15) is 0 Å². The number of thiazole rings is 1. The summed E-state index contributed by atoms with van der Waals surface area (Å²) in [4.78, 5) is 31.5. The molecule has 0 saturated carbocycles. The van der Waals surface area contributed by atoms with Crippen molar-refractivity contribution in [2.75, 3.05) is 18.4 Å². The van der Waals surface area contributed by atoms with Gasteiger partial charge in [0.15, 0.2) is 10.8 Å². The molecule has 1 atom stereocenters. The Kier molecular flexibility index (Phi) is 8.15. The highest BCUT2D eigenvalue weighted by molar-refractivity contribution is 7.13. The summed E-state index contributed by atoms with van der Waals surface area (Å²) < 4.78 is 12.1. The molecule has 0 unspecified atom stereocenters. The summed E-state index contributed by atoms with van der Waals surface area (Å²) in [5.74, 6) is 0.830. The number of hydrogen-bond donors (Lipinski definition) is 5. The van der Waals surface area contributed by atoms with E-state index in [2.05, 4.69) is 15.3 Å². The molecule has 42 heavy (non-hydrogen) atoms. The van der Waals surface area contributed by atoms with Gasteiger partial charge in [-0.3, -0.25) is 9.78 Å². The Morgan fingerprint density at radius 3 is 2.52 bits per heavy atom. The molecule has 11 heteroatoms. The molecule has 5 rings (SSSR count). The summed E-state index contributed by atoms with van der Waals surface area (Å²) in [6, 6.07) is 19.3. The van der Waals surface area contributed by atoms with Gasteiger partial charge in [0, 0.05) is 24.0 Å². The minimum atomic E-state index is -0.721. The van der Waals surface area contributed by atoms with Gasteiger partial charge in [-0.25, -0.2) is 4.79 Å². The van der Waals surface area contributed by atoms with Crippen molar-refractivity contribution in [3.63, 3.8) is 0 Å².